The number of thiophene rings is 1. The predicted octanol–water partition coefficient (Wildman–Crippen LogP) is 5.57. The van der Waals surface area contributed by atoms with Crippen LogP contribution in [0, 0.1) is 5.82 Å². The molecule has 0 amide bonds. The van der Waals surface area contributed by atoms with Gasteiger partial charge in [-0.25, -0.2) is 14.4 Å². The summed E-state index contributed by atoms with van der Waals surface area (Å²) in [6.07, 6.45) is 0. The Labute approximate surface area is 130 Å². The molecule has 0 aliphatic carbocycles. The first-order valence-electron chi connectivity index (χ1n) is 5.12. The van der Waals surface area contributed by atoms with Crippen LogP contribution in [0.15, 0.2) is 27.4 Å². The molecule has 1 aromatic carbocycles. The number of nitrogens with zero attached hydrogens (tertiary/aromatic N) is 2. The largest absolute Gasteiger partial charge is 0.225 e. The average Bonchev–Trinajstić information content (AvgIpc) is 2.80. The number of hydrogen-bond donors (Lipinski definition) is 0. The second-order valence-corrected chi connectivity index (χ2v) is 6.79. The second-order valence-electron chi connectivity index (χ2n) is 3.73. The average molecular weight is 378 g/mol. The zero-order valence-electron chi connectivity index (χ0n) is 9.12. The van der Waals surface area contributed by atoms with Crippen LogP contribution < -0.4 is 0 Å². The fourth-order valence-corrected chi connectivity index (χ4v) is 3.38. The molecular weight excluding hydrogens is 374 g/mol. The highest BCUT2D eigenvalue weighted by Gasteiger charge is 2.14. The zero-order valence-corrected chi connectivity index (χ0v) is 13.0. The fraction of sp³-hybridized carbons (Fsp3) is 0. The van der Waals surface area contributed by atoms with Crippen molar-refractivity contribution in [3.05, 3.63) is 43.4 Å². The lowest BCUT2D eigenvalue weighted by atomic mass is 10.2. The van der Waals surface area contributed by atoms with Crippen molar-refractivity contribution in [2.24, 2.45) is 0 Å². The highest BCUT2D eigenvalue weighted by atomic mass is 79.9. The molecule has 0 spiro atoms. The van der Waals surface area contributed by atoms with Gasteiger partial charge in [0.15, 0.2) is 5.82 Å². The van der Waals surface area contributed by atoms with Crippen LogP contribution in [0.25, 0.3) is 22.3 Å². The van der Waals surface area contributed by atoms with E-state index in [0.29, 0.717) is 16.2 Å². The number of aromatic nitrogens is 2. The molecule has 0 aliphatic rings. The van der Waals surface area contributed by atoms with Crippen LogP contribution in [-0.4, -0.2) is 9.97 Å². The lowest BCUT2D eigenvalue weighted by Crippen LogP contribution is -1.94. The molecule has 0 aliphatic heterocycles. The monoisotopic (exact) mass is 376 g/mol. The van der Waals surface area contributed by atoms with Crippen molar-refractivity contribution in [1.29, 1.82) is 0 Å². The molecule has 0 radical (unpaired) electrons. The van der Waals surface area contributed by atoms with Crippen molar-refractivity contribution < 1.29 is 4.39 Å². The SMILES string of the molecule is Fc1ccc(Cl)c2c(Cl)nc(-c3csc(Br)c3)nc12. The Morgan fingerprint density at radius 1 is 1.21 bits per heavy atom. The molecule has 0 saturated carbocycles. The number of rotatable bonds is 1. The molecule has 2 heterocycles. The third-order valence-corrected chi connectivity index (χ3v) is 4.62. The maximum atomic E-state index is 13.8. The Morgan fingerprint density at radius 3 is 2.68 bits per heavy atom. The molecule has 96 valence electrons. The molecular formula is C12H4BrCl2FN2S. The van der Waals surface area contributed by atoms with Crippen LogP contribution in [0.5, 0.6) is 0 Å². The third kappa shape index (κ3) is 2.36. The Balaban J connectivity index is 2.33. The van der Waals surface area contributed by atoms with Crippen LogP contribution >= 0.6 is 50.5 Å². The van der Waals surface area contributed by atoms with Gasteiger partial charge in [-0.15, -0.1) is 11.3 Å². The highest BCUT2D eigenvalue weighted by Crippen LogP contribution is 2.33. The van der Waals surface area contributed by atoms with E-state index in [1.807, 2.05) is 11.4 Å². The number of fused-ring (bicyclic) bond motifs is 1. The summed E-state index contributed by atoms with van der Waals surface area (Å²) >= 11 is 16.9. The van der Waals surface area contributed by atoms with Gasteiger partial charge >= 0.3 is 0 Å². The molecule has 3 aromatic rings. The van der Waals surface area contributed by atoms with Crippen LogP contribution in [0.1, 0.15) is 0 Å². The normalized spacial score (nSPS) is 11.2. The van der Waals surface area contributed by atoms with E-state index in [1.54, 1.807) is 0 Å². The van der Waals surface area contributed by atoms with Gasteiger partial charge < -0.3 is 0 Å². The molecule has 7 heteroatoms. The number of halogens is 4. The highest BCUT2D eigenvalue weighted by molar-refractivity contribution is 9.11. The van der Waals surface area contributed by atoms with Gasteiger partial charge in [-0.2, -0.15) is 0 Å². The molecule has 19 heavy (non-hydrogen) atoms. The minimum absolute atomic E-state index is 0.129. The first-order chi connectivity index (χ1) is 9.06. The van der Waals surface area contributed by atoms with Gasteiger partial charge in [0.25, 0.3) is 0 Å². The van der Waals surface area contributed by atoms with Gasteiger partial charge in [0.2, 0.25) is 0 Å². The van der Waals surface area contributed by atoms with Gasteiger partial charge in [-0.1, -0.05) is 23.2 Å². The van der Waals surface area contributed by atoms with E-state index in [9.17, 15) is 4.39 Å². The van der Waals surface area contributed by atoms with Gasteiger partial charge in [-0.3, -0.25) is 0 Å². The van der Waals surface area contributed by atoms with E-state index in [4.69, 9.17) is 23.2 Å². The molecule has 2 nitrogen and oxygen atoms in total. The summed E-state index contributed by atoms with van der Waals surface area (Å²) in [7, 11) is 0. The van der Waals surface area contributed by atoms with Crippen molar-refractivity contribution in [2.75, 3.05) is 0 Å². The summed E-state index contributed by atoms with van der Waals surface area (Å²) in [4.78, 5) is 8.39. The smallest absolute Gasteiger partial charge is 0.162 e. The number of benzene rings is 1. The molecule has 0 bridgehead atoms. The minimum atomic E-state index is -0.473. The van der Waals surface area contributed by atoms with Crippen LogP contribution in [0.4, 0.5) is 4.39 Å². The lowest BCUT2D eigenvalue weighted by Gasteiger charge is -2.05. The van der Waals surface area contributed by atoms with Crippen molar-refractivity contribution in [1.82, 2.24) is 9.97 Å². The summed E-state index contributed by atoms with van der Waals surface area (Å²) in [5, 5.41) is 2.68. The Morgan fingerprint density at radius 2 is 2.00 bits per heavy atom. The summed E-state index contributed by atoms with van der Waals surface area (Å²) in [6.45, 7) is 0. The van der Waals surface area contributed by atoms with Crippen molar-refractivity contribution in [2.45, 2.75) is 0 Å². The lowest BCUT2D eigenvalue weighted by molar-refractivity contribution is 0.636. The fourth-order valence-electron chi connectivity index (χ4n) is 1.68. The van der Waals surface area contributed by atoms with Crippen molar-refractivity contribution >= 4 is 61.4 Å². The van der Waals surface area contributed by atoms with Crippen LogP contribution in [0.2, 0.25) is 10.2 Å². The van der Waals surface area contributed by atoms with Gasteiger partial charge in [0, 0.05) is 10.9 Å². The Kier molecular flexibility index (Phi) is 3.47. The van der Waals surface area contributed by atoms with E-state index in [-0.39, 0.29) is 10.7 Å². The minimum Gasteiger partial charge on any atom is -0.225 e. The molecule has 0 atom stereocenters. The third-order valence-electron chi connectivity index (χ3n) is 2.53. The summed E-state index contributed by atoms with van der Waals surface area (Å²) in [6, 6.07) is 4.56. The zero-order chi connectivity index (χ0) is 13.6. The van der Waals surface area contributed by atoms with E-state index in [1.165, 1.54) is 23.5 Å². The Hall–Kier alpha value is -0.750. The molecule has 0 fully saturated rings. The molecule has 0 N–H and O–H groups in total. The summed E-state index contributed by atoms with van der Waals surface area (Å²) in [5.74, 6) is -0.0974. The van der Waals surface area contributed by atoms with Gasteiger partial charge in [0.1, 0.15) is 16.5 Å². The van der Waals surface area contributed by atoms with Gasteiger partial charge in [0.05, 0.1) is 14.2 Å². The molecule has 2 aromatic heterocycles. The Bertz CT molecular complexity index is 791. The second kappa shape index (κ2) is 4.98. The molecule has 3 rings (SSSR count). The van der Waals surface area contributed by atoms with Crippen LogP contribution in [0.3, 0.4) is 0 Å². The number of hydrogen-bond acceptors (Lipinski definition) is 3. The molecule has 0 unspecified atom stereocenters. The predicted molar refractivity (Wildman–Crippen MR) is 80.5 cm³/mol. The standard InChI is InChI=1S/C12H4BrCl2FN2S/c13-8-3-5(4-19-8)12-17-10-7(16)2-1-6(14)9(10)11(15)18-12/h1-4H. The quantitative estimate of drug-likeness (QED) is 0.518. The van der Waals surface area contributed by atoms with E-state index in [2.05, 4.69) is 25.9 Å². The van der Waals surface area contributed by atoms with Crippen molar-refractivity contribution in [3.8, 4) is 11.4 Å². The van der Waals surface area contributed by atoms with E-state index < -0.39 is 5.82 Å². The maximum absolute atomic E-state index is 13.8. The maximum Gasteiger partial charge on any atom is 0.162 e. The van der Waals surface area contributed by atoms with E-state index >= 15 is 0 Å². The van der Waals surface area contributed by atoms with Crippen molar-refractivity contribution in [3.63, 3.8) is 0 Å². The first-order valence-corrected chi connectivity index (χ1v) is 7.55. The van der Waals surface area contributed by atoms with Crippen LogP contribution in [-0.2, 0) is 0 Å². The summed E-state index contributed by atoms with van der Waals surface area (Å²) < 4.78 is 14.8. The first kappa shape index (κ1) is 13.2. The molecule has 0 saturated heterocycles. The topological polar surface area (TPSA) is 25.8 Å². The van der Waals surface area contributed by atoms with Gasteiger partial charge in [-0.05, 0) is 34.1 Å². The summed E-state index contributed by atoms with van der Waals surface area (Å²) in [5.41, 5.74) is 0.907. The van der Waals surface area contributed by atoms with E-state index in [0.717, 1.165) is 9.35 Å².